The first-order valence-electron chi connectivity index (χ1n) is 6.31. The van der Waals surface area contributed by atoms with Crippen LogP contribution in [0.5, 0.6) is 0 Å². The van der Waals surface area contributed by atoms with Crippen molar-refractivity contribution >= 4 is 17.4 Å². The van der Waals surface area contributed by atoms with Gasteiger partial charge in [0.1, 0.15) is 0 Å². The lowest BCUT2D eigenvalue weighted by Gasteiger charge is -2.02. The molecule has 16 heavy (non-hydrogen) atoms. The summed E-state index contributed by atoms with van der Waals surface area (Å²) in [7, 11) is 0. The van der Waals surface area contributed by atoms with Gasteiger partial charge in [-0.2, -0.15) is 0 Å². The van der Waals surface area contributed by atoms with Crippen molar-refractivity contribution in [2.45, 2.75) is 50.3 Å². The van der Waals surface area contributed by atoms with E-state index in [1.54, 1.807) is 0 Å². The fourth-order valence-corrected chi connectivity index (χ4v) is 2.55. The van der Waals surface area contributed by atoms with E-state index in [9.17, 15) is 0 Å². The third kappa shape index (κ3) is 6.06. The minimum atomic E-state index is 0.851. The molecule has 0 amide bonds. The summed E-state index contributed by atoms with van der Waals surface area (Å²) < 4.78 is 0. The number of benzene rings is 1. The normalized spacial score (nSPS) is 10.6. The summed E-state index contributed by atoms with van der Waals surface area (Å²) in [5, 5.41) is 0. The Kier molecular flexibility index (Phi) is 7.15. The molecule has 0 spiro atoms. The Bertz CT molecular complexity index is 269. The van der Waals surface area contributed by atoms with Crippen molar-refractivity contribution in [1.29, 1.82) is 0 Å². The third-order valence-electron chi connectivity index (χ3n) is 2.65. The highest BCUT2D eigenvalue weighted by molar-refractivity contribution is 7.99. The highest BCUT2D eigenvalue weighted by atomic mass is 32.2. The molecule has 1 aromatic rings. The molecule has 0 aliphatic carbocycles. The van der Waals surface area contributed by atoms with Crippen molar-refractivity contribution in [2.75, 3.05) is 11.5 Å². The molecule has 0 aromatic heterocycles. The van der Waals surface area contributed by atoms with Crippen molar-refractivity contribution in [3.8, 4) is 0 Å². The van der Waals surface area contributed by atoms with Gasteiger partial charge in [0.2, 0.25) is 0 Å². The Hall–Kier alpha value is -0.630. The molecule has 1 rings (SSSR count). The molecule has 0 unspecified atom stereocenters. The van der Waals surface area contributed by atoms with Crippen LogP contribution < -0.4 is 5.73 Å². The molecule has 0 saturated carbocycles. The van der Waals surface area contributed by atoms with E-state index in [4.69, 9.17) is 5.73 Å². The zero-order valence-electron chi connectivity index (χ0n) is 10.2. The summed E-state index contributed by atoms with van der Waals surface area (Å²) >= 11 is 1.94. The molecule has 0 saturated heterocycles. The largest absolute Gasteiger partial charge is 0.399 e. The van der Waals surface area contributed by atoms with E-state index in [1.165, 1.54) is 49.2 Å². The number of thioether (sulfide) groups is 1. The van der Waals surface area contributed by atoms with E-state index in [1.807, 2.05) is 23.9 Å². The van der Waals surface area contributed by atoms with Crippen LogP contribution in [0.15, 0.2) is 29.2 Å². The number of unbranched alkanes of at least 4 members (excludes halogenated alkanes) is 5. The summed E-state index contributed by atoms with van der Waals surface area (Å²) in [6, 6.07) is 8.17. The van der Waals surface area contributed by atoms with Gasteiger partial charge in [0.15, 0.2) is 0 Å². The molecular weight excluding hydrogens is 214 g/mol. The minimum Gasteiger partial charge on any atom is -0.399 e. The van der Waals surface area contributed by atoms with Crippen LogP contribution in [0.1, 0.15) is 45.4 Å². The zero-order valence-corrected chi connectivity index (χ0v) is 11.1. The van der Waals surface area contributed by atoms with Crippen molar-refractivity contribution in [1.82, 2.24) is 0 Å². The number of hydrogen-bond acceptors (Lipinski definition) is 2. The van der Waals surface area contributed by atoms with Crippen LogP contribution in [-0.4, -0.2) is 5.75 Å². The highest BCUT2D eigenvalue weighted by Crippen LogP contribution is 2.20. The second kappa shape index (κ2) is 8.51. The maximum absolute atomic E-state index is 5.64. The fraction of sp³-hybridized carbons (Fsp3) is 0.571. The van der Waals surface area contributed by atoms with Gasteiger partial charge in [-0.3, -0.25) is 0 Å². The molecule has 1 nitrogen and oxygen atoms in total. The molecule has 0 aliphatic rings. The SMILES string of the molecule is CCCCCCCCSc1ccc(N)cc1. The van der Waals surface area contributed by atoms with Gasteiger partial charge in [-0.1, -0.05) is 39.0 Å². The quantitative estimate of drug-likeness (QED) is 0.402. The number of rotatable bonds is 8. The van der Waals surface area contributed by atoms with Crippen LogP contribution in [-0.2, 0) is 0 Å². The van der Waals surface area contributed by atoms with E-state index in [0.29, 0.717) is 0 Å². The molecule has 0 radical (unpaired) electrons. The highest BCUT2D eigenvalue weighted by Gasteiger charge is 1.94. The predicted octanol–water partition coefficient (Wildman–Crippen LogP) is 4.72. The lowest BCUT2D eigenvalue weighted by Crippen LogP contribution is -1.84. The van der Waals surface area contributed by atoms with E-state index >= 15 is 0 Å². The van der Waals surface area contributed by atoms with Crippen LogP contribution in [0.4, 0.5) is 5.69 Å². The predicted molar refractivity (Wildman–Crippen MR) is 75.0 cm³/mol. The summed E-state index contributed by atoms with van der Waals surface area (Å²) in [6.45, 7) is 2.26. The van der Waals surface area contributed by atoms with Gasteiger partial charge in [0.25, 0.3) is 0 Å². The molecule has 2 heteroatoms. The molecule has 0 heterocycles. The molecule has 2 N–H and O–H groups in total. The van der Waals surface area contributed by atoms with Gasteiger partial charge in [0, 0.05) is 10.6 Å². The molecule has 0 aliphatic heterocycles. The Morgan fingerprint density at radius 2 is 1.56 bits per heavy atom. The zero-order chi connectivity index (χ0) is 11.6. The topological polar surface area (TPSA) is 26.0 Å². The van der Waals surface area contributed by atoms with Crippen LogP contribution in [0.2, 0.25) is 0 Å². The molecule has 90 valence electrons. The first kappa shape index (κ1) is 13.4. The molecule has 0 fully saturated rings. The first-order chi connectivity index (χ1) is 7.83. The van der Waals surface area contributed by atoms with Gasteiger partial charge in [0.05, 0.1) is 0 Å². The summed E-state index contributed by atoms with van der Waals surface area (Å²) in [4.78, 5) is 1.34. The average molecular weight is 237 g/mol. The molecular formula is C14H23NS. The molecule has 0 bridgehead atoms. The lowest BCUT2D eigenvalue weighted by molar-refractivity contribution is 0.627. The third-order valence-corrected chi connectivity index (χ3v) is 3.75. The maximum atomic E-state index is 5.64. The van der Waals surface area contributed by atoms with Crippen LogP contribution >= 0.6 is 11.8 Å². The first-order valence-corrected chi connectivity index (χ1v) is 7.30. The second-order valence-electron chi connectivity index (χ2n) is 4.19. The number of nitrogens with two attached hydrogens (primary N) is 1. The Morgan fingerprint density at radius 3 is 2.25 bits per heavy atom. The van der Waals surface area contributed by atoms with Crippen molar-refractivity contribution in [3.63, 3.8) is 0 Å². The van der Waals surface area contributed by atoms with Gasteiger partial charge >= 0.3 is 0 Å². The smallest absolute Gasteiger partial charge is 0.0314 e. The van der Waals surface area contributed by atoms with Crippen LogP contribution in [0.25, 0.3) is 0 Å². The van der Waals surface area contributed by atoms with Gasteiger partial charge in [-0.15, -0.1) is 11.8 Å². The van der Waals surface area contributed by atoms with Crippen molar-refractivity contribution < 1.29 is 0 Å². The van der Waals surface area contributed by atoms with E-state index in [2.05, 4.69) is 19.1 Å². The van der Waals surface area contributed by atoms with Gasteiger partial charge < -0.3 is 5.73 Å². The second-order valence-corrected chi connectivity index (χ2v) is 5.35. The van der Waals surface area contributed by atoms with Gasteiger partial charge in [-0.05, 0) is 36.4 Å². The standard InChI is InChI=1S/C14H23NS/c1-2-3-4-5-6-7-12-16-14-10-8-13(15)9-11-14/h8-11H,2-7,12,15H2,1H3. The van der Waals surface area contributed by atoms with E-state index in [0.717, 1.165) is 5.69 Å². The Labute approximate surface area is 104 Å². The average Bonchev–Trinajstić information content (AvgIpc) is 2.30. The maximum Gasteiger partial charge on any atom is 0.0314 e. The number of hydrogen-bond donors (Lipinski definition) is 1. The van der Waals surface area contributed by atoms with Crippen LogP contribution in [0.3, 0.4) is 0 Å². The number of anilines is 1. The van der Waals surface area contributed by atoms with E-state index in [-0.39, 0.29) is 0 Å². The van der Waals surface area contributed by atoms with Crippen molar-refractivity contribution in [2.24, 2.45) is 0 Å². The Morgan fingerprint density at radius 1 is 0.938 bits per heavy atom. The summed E-state index contributed by atoms with van der Waals surface area (Å²) in [5.74, 6) is 1.23. The van der Waals surface area contributed by atoms with E-state index < -0.39 is 0 Å². The molecule has 1 aromatic carbocycles. The fourth-order valence-electron chi connectivity index (χ4n) is 1.64. The summed E-state index contributed by atoms with van der Waals surface area (Å²) in [5.41, 5.74) is 6.49. The minimum absolute atomic E-state index is 0.851. The molecule has 0 atom stereocenters. The summed E-state index contributed by atoms with van der Waals surface area (Å²) in [6.07, 6.45) is 8.24. The van der Waals surface area contributed by atoms with Crippen LogP contribution in [0, 0.1) is 0 Å². The lowest BCUT2D eigenvalue weighted by atomic mass is 10.1. The van der Waals surface area contributed by atoms with Gasteiger partial charge in [-0.25, -0.2) is 0 Å². The monoisotopic (exact) mass is 237 g/mol. The Balaban J connectivity index is 2.01. The van der Waals surface area contributed by atoms with Crippen molar-refractivity contribution in [3.05, 3.63) is 24.3 Å². The number of nitrogen functional groups attached to an aromatic ring is 1.